The first-order chi connectivity index (χ1) is 18.3. The van der Waals surface area contributed by atoms with E-state index in [1.807, 2.05) is 70.6 Å². The predicted molar refractivity (Wildman–Crippen MR) is 185 cm³/mol. The first kappa shape index (κ1) is 31.3. The first-order valence-corrected chi connectivity index (χ1v) is 20.2. The fraction of sp³-hybridized carbons (Fsp3) is 0.429. The summed E-state index contributed by atoms with van der Waals surface area (Å²) in [4.78, 5) is 26.3. The minimum absolute atomic E-state index is 0.124. The monoisotopic (exact) mass is 656 g/mol. The van der Waals surface area contributed by atoms with Gasteiger partial charge in [-0.15, -0.1) is 70.6 Å². The molecule has 2 aromatic rings. The average molecular weight is 657 g/mol. The van der Waals surface area contributed by atoms with Crippen molar-refractivity contribution < 1.29 is 9.59 Å². The highest BCUT2D eigenvalue weighted by Crippen LogP contribution is 2.43. The van der Waals surface area contributed by atoms with Gasteiger partial charge in [-0.1, -0.05) is 48.8 Å². The number of carbonyl (C=O) groups is 2. The molecule has 0 N–H and O–H groups in total. The molecule has 2 aromatic carbocycles. The number of thioether (sulfide) groups is 8. The van der Waals surface area contributed by atoms with Gasteiger partial charge in [0, 0.05) is 54.8 Å². The van der Waals surface area contributed by atoms with Crippen LogP contribution in [0.4, 0.5) is 0 Å². The number of fused-ring (bicyclic) bond motifs is 1. The summed E-state index contributed by atoms with van der Waals surface area (Å²) in [5, 5.41) is 3.92. The molecule has 0 bridgehead atoms. The zero-order valence-corrected chi connectivity index (χ0v) is 28.0. The molecule has 4 atom stereocenters. The van der Waals surface area contributed by atoms with Crippen LogP contribution < -0.4 is 0 Å². The Bertz CT molecular complexity index is 1090. The maximum Gasteiger partial charge on any atom is 0.214 e. The van der Waals surface area contributed by atoms with Crippen molar-refractivity contribution in [3.8, 4) is 0 Å². The molecule has 0 spiro atoms. The van der Waals surface area contributed by atoms with E-state index in [4.69, 9.17) is 0 Å². The first-order valence-electron chi connectivity index (χ1n) is 12.3. The molecule has 0 aromatic heterocycles. The van der Waals surface area contributed by atoms with Crippen LogP contribution in [0.15, 0.2) is 70.5 Å². The standard InChI is InChI=1S/C28H32O2S8/c1-17(2)27(29)35-13-23-11-33-25(37-23)15-31-21-7-5-20-10-22(8-6-19(20)9-21)32-16-26-34-12-24(38-26)14-36-28(30)18(3)4/h5-10,23-26H,1,3,11-16H2,2,4H3. The highest BCUT2D eigenvalue weighted by Gasteiger charge is 2.28. The fourth-order valence-electron chi connectivity index (χ4n) is 3.66. The van der Waals surface area contributed by atoms with Gasteiger partial charge in [0.1, 0.15) is 0 Å². The Morgan fingerprint density at radius 3 is 1.55 bits per heavy atom. The Labute approximate surface area is 261 Å². The van der Waals surface area contributed by atoms with Crippen molar-refractivity contribution in [1.82, 2.24) is 0 Å². The SMILES string of the molecule is C=C(C)C(=O)SCC1CSC(CSc2ccc3cc(SCC4SCC(CSC(=O)C(=C)C)S4)ccc3c2)S1. The molecule has 10 heteroatoms. The van der Waals surface area contributed by atoms with Crippen LogP contribution in [-0.4, -0.2) is 64.4 Å². The maximum atomic E-state index is 11.8. The van der Waals surface area contributed by atoms with Crippen LogP contribution in [-0.2, 0) is 9.59 Å². The lowest BCUT2D eigenvalue weighted by molar-refractivity contribution is -0.108. The molecule has 0 amide bonds. The van der Waals surface area contributed by atoms with Gasteiger partial charge in [0.15, 0.2) is 0 Å². The summed E-state index contributed by atoms with van der Waals surface area (Å²) in [6.07, 6.45) is 0. The van der Waals surface area contributed by atoms with Gasteiger partial charge in [0.2, 0.25) is 10.2 Å². The summed E-state index contributed by atoms with van der Waals surface area (Å²) in [6.45, 7) is 11.1. The summed E-state index contributed by atoms with van der Waals surface area (Å²) >= 11 is 14.8. The molecule has 0 saturated carbocycles. The van der Waals surface area contributed by atoms with E-state index in [-0.39, 0.29) is 10.2 Å². The van der Waals surface area contributed by atoms with Crippen LogP contribution in [0.2, 0.25) is 0 Å². The van der Waals surface area contributed by atoms with Crippen molar-refractivity contribution in [3.63, 3.8) is 0 Å². The van der Waals surface area contributed by atoms with E-state index < -0.39 is 0 Å². The van der Waals surface area contributed by atoms with Crippen LogP contribution in [0.3, 0.4) is 0 Å². The van der Waals surface area contributed by atoms with Crippen LogP contribution in [0.25, 0.3) is 10.8 Å². The van der Waals surface area contributed by atoms with E-state index in [2.05, 4.69) is 49.6 Å². The minimum Gasteiger partial charge on any atom is -0.282 e. The second kappa shape index (κ2) is 15.5. The van der Waals surface area contributed by atoms with Crippen LogP contribution in [0.5, 0.6) is 0 Å². The van der Waals surface area contributed by atoms with Gasteiger partial charge in [0.25, 0.3) is 0 Å². The summed E-state index contributed by atoms with van der Waals surface area (Å²) in [5.41, 5.74) is 1.29. The molecular weight excluding hydrogens is 625 g/mol. The highest BCUT2D eigenvalue weighted by molar-refractivity contribution is 8.23. The number of hydrogen-bond acceptors (Lipinski definition) is 10. The van der Waals surface area contributed by atoms with Crippen molar-refractivity contribution in [3.05, 3.63) is 60.7 Å². The number of hydrogen-bond donors (Lipinski definition) is 0. The summed E-state index contributed by atoms with van der Waals surface area (Å²) in [6, 6.07) is 13.6. The lowest BCUT2D eigenvalue weighted by Gasteiger charge is -2.11. The van der Waals surface area contributed by atoms with E-state index in [0.29, 0.717) is 30.8 Å². The fourth-order valence-corrected chi connectivity index (χ4v) is 15.1. The van der Waals surface area contributed by atoms with E-state index in [0.717, 1.165) is 34.5 Å². The van der Waals surface area contributed by atoms with E-state index >= 15 is 0 Å². The zero-order chi connectivity index (χ0) is 27.1. The van der Waals surface area contributed by atoms with Crippen molar-refractivity contribution in [2.45, 2.75) is 43.3 Å². The summed E-state index contributed by atoms with van der Waals surface area (Å²) in [7, 11) is 0. The molecule has 4 unspecified atom stereocenters. The zero-order valence-electron chi connectivity index (χ0n) is 21.5. The molecule has 2 fully saturated rings. The molecule has 2 heterocycles. The van der Waals surface area contributed by atoms with Crippen molar-refractivity contribution in [2.24, 2.45) is 0 Å². The quantitative estimate of drug-likeness (QED) is 0.163. The van der Waals surface area contributed by atoms with Gasteiger partial charge in [-0.2, -0.15) is 0 Å². The molecule has 38 heavy (non-hydrogen) atoms. The van der Waals surface area contributed by atoms with E-state index in [1.165, 1.54) is 44.1 Å². The Morgan fingerprint density at radius 2 is 1.16 bits per heavy atom. The number of benzene rings is 2. The molecule has 0 aliphatic carbocycles. The van der Waals surface area contributed by atoms with E-state index in [9.17, 15) is 9.59 Å². The molecule has 4 rings (SSSR count). The van der Waals surface area contributed by atoms with Crippen molar-refractivity contribution >= 4 is 115 Å². The van der Waals surface area contributed by atoms with Crippen molar-refractivity contribution in [2.75, 3.05) is 34.5 Å². The van der Waals surface area contributed by atoms with Gasteiger partial charge in [-0.05, 0) is 60.0 Å². The summed E-state index contributed by atoms with van der Waals surface area (Å²) in [5.74, 6) is 6.18. The van der Waals surface area contributed by atoms with Crippen LogP contribution in [0, 0.1) is 0 Å². The molecule has 0 radical (unpaired) electrons. The third-order valence-electron chi connectivity index (χ3n) is 5.68. The van der Waals surface area contributed by atoms with Gasteiger partial charge in [-0.25, -0.2) is 0 Å². The van der Waals surface area contributed by atoms with Crippen LogP contribution >= 0.6 is 94.1 Å². The van der Waals surface area contributed by atoms with Gasteiger partial charge in [0.05, 0.1) is 9.16 Å². The molecule has 204 valence electrons. The molecule has 2 nitrogen and oxygen atoms in total. The Morgan fingerprint density at radius 1 is 0.737 bits per heavy atom. The molecule has 2 aliphatic rings. The van der Waals surface area contributed by atoms with Gasteiger partial charge in [-0.3, -0.25) is 9.59 Å². The second-order valence-electron chi connectivity index (χ2n) is 9.09. The molecule has 2 aliphatic heterocycles. The third kappa shape index (κ3) is 9.71. The number of carbonyl (C=O) groups excluding carboxylic acids is 2. The van der Waals surface area contributed by atoms with Crippen LogP contribution in [0.1, 0.15) is 13.8 Å². The van der Waals surface area contributed by atoms with E-state index in [1.54, 1.807) is 13.8 Å². The number of rotatable bonds is 12. The van der Waals surface area contributed by atoms with Gasteiger partial charge >= 0.3 is 0 Å². The van der Waals surface area contributed by atoms with Gasteiger partial charge < -0.3 is 0 Å². The average Bonchev–Trinajstić information content (AvgIpc) is 3.57. The molecular formula is C28H32O2S8. The Kier molecular flexibility index (Phi) is 12.8. The Hall–Kier alpha value is 0.320. The lowest BCUT2D eigenvalue weighted by Crippen LogP contribution is -2.08. The summed E-state index contributed by atoms with van der Waals surface area (Å²) < 4.78 is 1.16. The van der Waals surface area contributed by atoms with Crippen molar-refractivity contribution in [1.29, 1.82) is 0 Å². The Balaban J connectivity index is 1.19. The largest absolute Gasteiger partial charge is 0.282 e. The second-order valence-corrected chi connectivity index (χ2v) is 19.3. The lowest BCUT2D eigenvalue weighted by atomic mass is 10.1. The molecule has 2 saturated heterocycles. The minimum atomic E-state index is 0.124. The smallest absolute Gasteiger partial charge is 0.214 e. The predicted octanol–water partition coefficient (Wildman–Crippen LogP) is 9.05. The third-order valence-corrected chi connectivity index (χ3v) is 18.0. The normalized spacial score (nSPS) is 23.1. The topological polar surface area (TPSA) is 34.1 Å². The highest BCUT2D eigenvalue weighted by atomic mass is 32.2. The maximum absolute atomic E-state index is 11.8.